The molecule has 0 N–H and O–H groups in total. The van der Waals surface area contributed by atoms with Crippen LogP contribution in [-0.2, 0) is 10.9 Å². The predicted molar refractivity (Wildman–Crippen MR) is 102 cm³/mol. The molecule has 0 radical (unpaired) electrons. The first-order valence-electron chi connectivity index (χ1n) is 8.53. The van der Waals surface area contributed by atoms with Crippen LogP contribution >= 0.6 is 23.2 Å². The molecule has 0 aliphatic carbocycles. The van der Waals surface area contributed by atoms with Gasteiger partial charge in [0.2, 0.25) is 0 Å². The van der Waals surface area contributed by atoms with Gasteiger partial charge in [-0.3, -0.25) is 0 Å². The Balaban J connectivity index is 2.51. The molecule has 0 saturated carbocycles. The first kappa shape index (κ1) is 25.0. The van der Waals surface area contributed by atoms with Crippen LogP contribution in [0.15, 0.2) is 36.4 Å². The molecule has 0 spiro atoms. The average Bonchev–Trinajstić information content (AvgIpc) is 2.64. The van der Waals surface area contributed by atoms with E-state index in [-0.39, 0.29) is 12.2 Å². The lowest BCUT2D eigenvalue weighted by molar-refractivity contribution is -0.139. The van der Waals surface area contributed by atoms with Crippen molar-refractivity contribution in [1.29, 1.82) is 0 Å². The normalized spacial score (nSPS) is 13.5. The van der Waals surface area contributed by atoms with Gasteiger partial charge in [-0.25, -0.2) is 9.18 Å². The maximum atomic E-state index is 13.5. The van der Waals surface area contributed by atoms with Gasteiger partial charge in [-0.2, -0.15) is 26.3 Å². The summed E-state index contributed by atoms with van der Waals surface area (Å²) in [6.07, 6.45) is -8.45. The number of carbonyl (C=O) groups excluding carboxylic acids is 1. The number of alkyl halides is 6. The molecule has 2 nitrogen and oxygen atoms in total. The van der Waals surface area contributed by atoms with Crippen LogP contribution in [0.25, 0.3) is 6.08 Å². The molecule has 2 rings (SSSR count). The third-order valence-corrected chi connectivity index (χ3v) is 4.59. The average molecular weight is 489 g/mol. The minimum atomic E-state index is -4.95. The van der Waals surface area contributed by atoms with Crippen molar-refractivity contribution in [3.8, 4) is 0 Å². The van der Waals surface area contributed by atoms with E-state index < -0.39 is 56.8 Å². The van der Waals surface area contributed by atoms with Crippen molar-refractivity contribution in [1.82, 2.24) is 0 Å². The number of ether oxygens (including phenoxy) is 1. The lowest BCUT2D eigenvalue weighted by atomic mass is 9.96. The van der Waals surface area contributed by atoms with Gasteiger partial charge in [0.1, 0.15) is 0 Å². The van der Waals surface area contributed by atoms with E-state index in [1.54, 1.807) is 0 Å². The van der Waals surface area contributed by atoms with Gasteiger partial charge in [0.25, 0.3) is 0 Å². The Morgan fingerprint density at radius 3 is 2.13 bits per heavy atom. The molecule has 31 heavy (non-hydrogen) atoms. The highest BCUT2D eigenvalue weighted by atomic mass is 35.5. The van der Waals surface area contributed by atoms with Crippen molar-refractivity contribution in [3.05, 3.63) is 74.5 Å². The van der Waals surface area contributed by atoms with Gasteiger partial charge in [0.15, 0.2) is 5.82 Å². The Morgan fingerprint density at radius 2 is 1.65 bits per heavy atom. The second-order valence-electron chi connectivity index (χ2n) is 6.20. The molecule has 0 aliphatic rings. The number of hydrogen-bond acceptors (Lipinski definition) is 2. The Bertz CT molecular complexity index is 975. The summed E-state index contributed by atoms with van der Waals surface area (Å²) in [7, 11) is 0. The molecule has 0 aromatic heterocycles. The fraction of sp³-hybridized carbons (Fsp3) is 0.250. The van der Waals surface area contributed by atoms with Crippen LogP contribution in [0.5, 0.6) is 0 Å². The zero-order valence-electron chi connectivity index (χ0n) is 15.5. The monoisotopic (exact) mass is 488 g/mol. The van der Waals surface area contributed by atoms with E-state index in [1.165, 1.54) is 6.92 Å². The summed E-state index contributed by atoms with van der Waals surface area (Å²) in [6.45, 7) is 1.25. The molecule has 168 valence electrons. The molecule has 0 saturated heterocycles. The summed E-state index contributed by atoms with van der Waals surface area (Å²) in [5, 5.41) is -1.27. The number of allylic oxidation sites excluding steroid dienone is 1. The fourth-order valence-corrected chi connectivity index (χ4v) is 3.16. The molecule has 0 aliphatic heterocycles. The third-order valence-electron chi connectivity index (χ3n) is 4.04. The summed E-state index contributed by atoms with van der Waals surface area (Å²) in [5.74, 6) is -4.64. The van der Waals surface area contributed by atoms with E-state index in [0.717, 1.165) is 30.3 Å². The van der Waals surface area contributed by atoms with Crippen LogP contribution in [0.1, 0.15) is 39.9 Å². The topological polar surface area (TPSA) is 26.3 Å². The molecule has 1 atom stereocenters. The van der Waals surface area contributed by atoms with Crippen LogP contribution < -0.4 is 0 Å². The first-order chi connectivity index (χ1) is 14.3. The van der Waals surface area contributed by atoms with Gasteiger partial charge < -0.3 is 4.74 Å². The Hall–Kier alpha value is -2.26. The van der Waals surface area contributed by atoms with E-state index in [9.17, 15) is 35.5 Å². The quantitative estimate of drug-likeness (QED) is 0.245. The zero-order valence-corrected chi connectivity index (χ0v) is 17.1. The lowest BCUT2D eigenvalue weighted by Crippen LogP contribution is -2.19. The molecular weight excluding hydrogens is 476 g/mol. The van der Waals surface area contributed by atoms with Crippen molar-refractivity contribution in [2.45, 2.75) is 25.2 Å². The number of halogens is 9. The Labute approximate surface area is 182 Å². The van der Waals surface area contributed by atoms with Gasteiger partial charge in [-0.05, 0) is 42.3 Å². The van der Waals surface area contributed by atoms with Crippen molar-refractivity contribution < 1.29 is 40.3 Å². The summed E-state index contributed by atoms with van der Waals surface area (Å²) in [4.78, 5) is 11.8. The largest absolute Gasteiger partial charge is 0.462 e. The first-order valence-corrected chi connectivity index (χ1v) is 9.29. The standard InChI is InChI=1S/C20H13Cl2F7O2/c1-2-31-18(30)12-5-3-10(7-14(12)20(27,28)29)4-6-13(19(24,25)26)11-8-15(21)17(23)16(22)9-11/h3-9,13H,2H2,1H3/b6-4+. The van der Waals surface area contributed by atoms with Gasteiger partial charge in [0, 0.05) is 0 Å². The second-order valence-corrected chi connectivity index (χ2v) is 7.01. The van der Waals surface area contributed by atoms with Crippen LogP contribution in [0.2, 0.25) is 10.0 Å². The van der Waals surface area contributed by atoms with Gasteiger partial charge >= 0.3 is 18.3 Å². The number of rotatable bonds is 5. The highest BCUT2D eigenvalue weighted by Crippen LogP contribution is 2.40. The number of carbonyl (C=O) groups is 1. The molecule has 0 bridgehead atoms. The lowest BCUT2D eigenvalue weighted by Gasteiger charge is -2.18. The van der Waals surface area contributed by atoms with E-state index in [2.05, 4.69) is 4.74 Å². The van der Waals surface area contributed by atoms with E-state index in [1.807, 2.05) is 0 Å². The minimum absolute atomic E-state index is 0.159. The van der Waals surface area contributed by atoms with E-state index in [4.69, 9.17) is 23.2 Å². The third kappa shape index (κ3) is 6.13. The molecule has 0 amide bonds. The van der Waals surface area contributed by atoms with Crippen molar-refractivity contribution in [2.75, 3.05) is 6.61 Å². The van der Waals surface area contributed by atoms with Gasteiger partial charge in [-0.15, -0.1) is 0 Å². The fourth-order valence-electron chi connectivity index (χ4n) is 2.66. The molecule has 1 unspecified atom stereocenters. The van der Waals surface area contributed by atoms with Crippen LogP contribution in [-0.4, -0.2) is 18.8 Å². The van der Waals surface area contributed by atoms with Gasteiger partial charge in [-0.1, -0.05) is 41.4 Å². The highest BCUT2D eigenvalue weighted by Gasteiger charge is 2.40. The van der Waals surface area contributed by atoms with Gasteiger partial charge in [0.05, 0.1) is 33.7 Å². The highest BCUT2D eigenvalue weighted by molar-refractivity contribution is 6.35. The smallest absolute Gasteiger partial charge is 0.417 e. The van der Waals surface area contributed by atoms with Crippen LogP contribution in [0.3, 0.4) is 0 Å². The summed E-state index contributed by atoms with van der Waals surface area (Å²) < 4.78 is 98.7. The Kier molecular flexibility index (Phi) is 7.65. The Morgan fingerprint density at radius 1 is 1.06 bits per heavy atom. The summed E-state index contributed by atoms with van der Waals surface area (Å²) in [6, 6.07) is 3.85. The SMILES string of the molecule is CCOC(=O)c1ccc(/C=C/C(c2cc(Cl)c(F)c(Cl)c2)C(F)(F)F)cc1C(F)(F)F. The number of hydrogen-bond donors (Lipinski definition) is 0. The van der Waals surface area contributed by atoms with E-state index in [0.29, 0.717) is 12.1 Å². The van der Waals surface area contributed by atoms with Crippen molar-refractivity contribution in [2.24, 2.45) is 0 Å². The second kappa shape index (κ2) is 9.48. The molecule has 2 aromatic carbocycles. The molecule has 11 heteroatoms. The maximum absolute atomic E-state index is 13.5. The molecule has 0 fully saturated rings. The van der Waals surface area contributed by atoms with Crippen molar-refractivity contribution in [3.63, 3.8) is 0 Å². The number of esters is 1. The van der Waals surface area contributed by atoms with Crippen LogP contribution in [0.4, 0.5) is 30.7 Å². The molecular formula is C20H13Cl2F7O2. The van der Waals surface area contributed by atoms with Crippen molar-refractivity contribution >= 4 is 35.2 Å². The summed E-state index contributed by atoms with van der Waals surface area (Å²) >= 11 is 11.1. The zero-order chi connectivity index (χ0) is 23.6. The predicted octanol–water partition coefficient (Wildman–Crippen LogP) is 7.69. The van der Waals surface area contributed by atoms with Crippen LogP contribution in [0, 0.1) is 5.82 Å². The molecule has 2 aromatic rings. The minimum Gasteiger partial charge on any atom is -0.462 e. The number of benzene rings is 2. The summed E-state index contributed by atoms with van der Waals surface area (Å²) in [5.41, 5.74) is -2.88. The molecule has 0 heterocycles. The van der Waals surface area contributed by atoms with E-state index >= 15 is 0 Å². The maximum Gasteiger partial charge on any atom is 0.417 e.